The molecule has 0 amide bonds. The summed E-state index contributed by atoms with van der Waals surface area (Å²) in [5.74, 6) is 0. The lowest BCUT2D eigenvalue weighted by atomic mass is 10.1. The third kappa shape index (κ3) is 2.32. The van der Waals surface area contributed by atoms with E-state index in [-0.39, 0.29) is 13.2 Å². The standard InChI is InChI=1S/C11H15NO3S/c13-9-11(14)6-7-12(8-11)16(15)10-4-2-1-3-5-10/h1-5,13-14H,6-9H2. The summed E-state index contributed by atoms with van der Waals surface area (Å²) in [7, 11) is -1.24. The van der Waals surface area contributed by atoms with Gasteiger partial charge in [-0.15, -0.1) is 0 Å². The molecular weight excluding hydrogens is 226 g/mol. The average molecular weight is 241 g/mol. The first-order valence-corrected chi connectivity index (χ1v) is 6.30. The van der Waals surface area contributed by atoms with Crippen molar-refractivity contribution >= 4 is 11.0 Å². The fourth-order valence-corrected chi connectivity index (χ4v) is 3.08. The summed E-state index contributed by atoms with van der Waals surface area (Å²) in [6, 6.07) is 9.14. The molecule has 0 radical (unpaired) electrons. The maximum atomic E-state index is 12.1. The van der Waals surface area contributed by atoms with E-state index in [9.17, 15) is 9.32 Å². The molecule has 0 aliphatic carbocycles. The van der Waals surface area contributed by atoms with Crippen molar-refractivity contribution in [2.24, 2.45) is 0 Å². The molecule has 1 aromatic carbocycles. The van der Waals surface area contributed by atoms with Crippen molar-refractivity contribution in [3.05, 3.63) is 30.3 Å². The Hall–Kier alpha value is -0.750. The van der Waals surface area contributed by atoms with Gasteiger partial charge in [-0.05, 0) is 18.6 Å². The van der Waals surface area contributed by atoms with Crippen molar-refractivity contribution in [1.82, 2.24) is 4.31 Å². The van der Waals surface area contributed by atoms with Gasteiger partial charge in [0.05, 0.1) is 11.5 Å². The Morgan fingerprint density at radius 3 is 2.62 bits per heavy atom. The lowest BCUT2D eigenvalue weighted by molar-refractivity contribution is -0.000502. The van der Waals surface area contributed by atoms with E-state index in [1.54, 1.807) is 16.4 Å². The van der Waals surface area contributed by atoms with Crippen LogP contribution in [-0.2, 0) is 11.0 Å². The highest BCUT2D eigenvalue weighted by atomic mass is 32.2. The molecule has 88 valence electrons. The van der Waals surface area contributed by atoms with Crippen LogP contribution in [0.2, 0.25) is 0 Å². The second kappa shape index (κ2) is 4.63. The van der Waals surface area contributed by atoms with E-state index in [2.05, 4.69) is 0 Å². The molecule has 2 N–H and O–H groups in total. The van der Waals surface area contributed by atoms with Crippen LogP contribution in [0.5, 0.6) is 0 Å². The van der Waals surface area contributed by atoms with Crippen molar-refractivity contribution in [3.8, 4) is 0 Å². The first-order valence-electron chi connectivity index (χ1n) is 5.20. The SMILES string of the molecule is O=S(c1ccccc1)N1CCC(O)(CO)C1. The number of hydrogen-bond donors (Lipinski definition) is 2. The molecule has 1 heterocycles. The number of β-amino-alcohol motifs (C(OH)–C–C–N with tert-alkyl or cyclic N) is 1. The molecule has 2 rings (SSSR count). The molecule has 1 saturated heterocycles. The lowest BCUT2D eigenvalue weighted by Crippen LogP contribution is -2.37. The van der Waals surface area contributed by atoms with Crippen LogP contribution in [0.4, 0.5) is 0 Å². The summed E-state index contributed by atoms with van der Waals surface area (Å²) in [6.07, 6.45) is 0.460. The number of rotatable bonds is 3. The number of nitrogens with zero attached hydrogens (tertiary/aromatic N) is 1. The second-order valence-corrected chi connectivity index (χ2v) is 5.54. The molecule has 2 atom stereocenters. The topological polar surface area (TPSA) is 60.8 Å². The summed E-state index contributed by atoms with van der Waals surface area (Å²) < 4.78 is 13.8. The van der Waals surface area contributed by atoms with Crippen molar-refractivity contribution in [2.45, 2.75) is 16.9 Å². The molecule has 1 fully saturated rings. The summed E-state index contributed by atoms with van der Waals surface area (Å²) in [6.45, 7) is 0.513. The molecular formula is C11H15NO3S. The maximum Gasteiger partial charge on any atom is 0.127 e. The van der Waals surface area contributed by atoms with Gasteiger partial charge in [0, 0.05) is 13.1 Å². The Kier molecular flexibility index (Phi) is 3.39. The summed E-state index contributed by atoms with van der Waals surface area (Å²) in [5, 5.41) is 18.9. The molecule has 4 nitrogen and oxygen atoms in total. The Morgan fingerprint density at radius 2 is 2.06 bits per heavy atom. The maximum absolute atomic E-state index is 12.1. The van der Waals surface area contributed by atoms with Crippen LogP contribution in [0.1, 0.15) is 6.42 Å². The van der Waals surface area contributed by atoms with E-state index in [0.29, 0.717) is 13.0 Å². The minimum absolute atomic E-state index is 0.255. The van der Waals surface area contributed by atoms with Crippen molar-refractivity contribution in [1.29, 1.82) is 0 Å². The van der Waals surface area contributed by atoms with Crippen LogP contribution in [0.3, 0.4) is 0 Å². The third-order valence-corrected chi connectivity index (χ3v) is 4.23. The molecule has 0 saturated carbocycles. The normalized spacial score (nSPS) is 28.1. The van der Waals surface area contributed by atoms with Crippen molar-refractivity contribution in [3.63, 3.8) is 0 Å². The van der Waals surface area contributed by atoms with E-state index in [4.69, 9.17) is 5.11 Å². The Bertz CT molecular complexity index is 384. The van der Waals surface area contributed by atoms with Gasteiger partial charge in [-0.3, -0.25) is 0 Å². The summed E-state index contributed by atoms with van der Waals surface area (Å²) >= 11 is 0. The quantitative estimate of drug-likeness (QED) is 0.791. The minimum Gasteiger partial charge on any atom is -0.393 e. The zero-order chi connectivity index (χ0) is 11.6. The molecule has 0 spiro atoms. The van der Waals surface area contributed by atoms with E-state index < -0.39 is 16.6 Å². The Labute approximate surface area is 97.1 Å². The molecule has 1 aliphatic heterocycles. The third-order valence-electron chi connectivity index (χ3n) is 2.77. The number of aliphatic hydroxyl groups excluding tert-OH is 1. The first kappa shape index (κ1) is 11.7. The van der Waals surface area contributed by atoms with Gasteiger partial charge in [0.15, 0.2) is 0 Å². The molecule has 2 unspecified atom stereocenters. The van der Waals surface area contributed by atoms with Crippen LogP contribution < -0.4 is 0 Å². The van der Waals surface area contributed by atoms with Crippen molar-refractivity contribution < 1.29 is 14.4 Å². The fourth-order valence-electron chi connectivity index (χ4n) is 1.78. The largest absolute Gasteiger partial charge is 0.393 e. The molecule has 1 aliphatic rings. The van der Waals surface area contributed by atoms with E-state index in [1.807, 2.05) is 18.2 Å². The van der Waals surface area contributed by atoms with Crippen LogP contribution in [0, 0.1) is 0 Å². The van der Waals surface area contributed by atoms with Crippen LogP contribution in [-0.4, -0.2) is 44.0 Å². The first-order chi connectivity index (χ1) is 7.64. The lowest BCUT2D eigenvalue weighted by Gasteiger charge is -2.20. The van der Waals surface area contributed by atoms with E-state index >= 15 is 0 Å². The zero-order valence-corrected chi connectivity index (χ0v) is 9.69. The highest BCUT2D eigenvalue weighted by molar-refractivity contribution is 7.82. The average Bonchev–Trinajstić information content (AvgIpc) is 2.73. The number of aliphatic hydroxyl groups is 2. The van der Waals surface area contributed by atoms with Gasteiger partial charge in [0.25, 0.3) is 0 Å². The fraction of sp³-hybridized carbons (Fsp3) is 0.455. The molecule has 1 aromatic rings. The molecule has 5 heteroatoms. The van der Waals surface area contributed by atoms with Crippen molar-refractivity contribution in [2.75, 3.05) is 19.7 Å². The van der Waals surface area contributed by atoms with E-state index in [1.165, 1.54) is 0 Å². The number of hydrogen-bond acceptors (Lipinski definition) is 3. The minimum atomic E-state index is -1.24. The molecule has 0 aromatic heterocycles. The summed E-state index contributed by atoms with van der Waals surface area (Å²) in [5.41, 5.74) is -1.09. The van der Waals surface area contributed by atoms with Gasteiger partial charge < -0.3 is 10.2 Å². The van der Waals surface area contributed by atoms with Crippen LogP contribution in [0.15, 0.2) is 35.2 Å². The number of benzene rings is 1. The Balaban J connectivity index is 2.08. The Morgan fingerprint density at radius 1 is 1.38 bits per heavy atom. The smallest absolute Gasteiger partial charge is 0.127 e. The highest BCUT2D eigenvalue weighted by Gasteiger charge is 2.38. The van der Waals surface area contributed by atoms with Gasteiger partial charge >= 0.3 is 0 Å². The van der Waals surface area contributed by atoms with Gasteiger partial charge in [-0.1, -0.05) is 18.2 Å². The summed E-state index contributed by atoms with van der Waals surface area (Å²) in [4.78, 5) is 0.727. The highest BCUT2D eigenvalue weighted by Crippen LogP contribution is 2.24. The molecule has 16 heavy (non-hydrogen) atoms. The van der Waals surface area contributed by atoms with Gasteiger partial charge in [-0.25, -0.2) is 8.51 Å². The zero-order valence-electron chi connectivity index (χ0n) is 8.87. The predicted octanol–water partition coefficient (Wildman–Crippen LogP) is 0.138. The second-order valence-electron chi connectivity index (χ2n) is 4.06. The van der Waals surface area contributed by atoms with Gasteiger partial charge in [-0.2, -0.15) is 0 Å². The predicted molar refractivity (Wildman–Crippen MR) is 61.1 cm³/mol. The van der Waals surface area contributed by atoms with Gasteiger partial charge in [0.2, 0.25) is 0 Å². The monoisotopic (exact) mass is 241 g/mol. The van der Waals surface area contributed by atoms with Gasteiger partial charge in [0.1, 0.15) is 16.6 Å². The van der Waals surface area contributed by atoms with E-state index in [0.717, 1.165) is 4.90 Å². The van der Waals surface area contributed by atoms with Crippen LogP contribution in [0.25, 0.3) is 0 Å². The van der Waals surface area contributed by atoms with Crippen LogP contribution >= 0.6 is 0 Å². The molecule has 0 bridgehead atoms.